The molecule has 0 spiro atoms. The number of nitrogens with one attached hydrogen (secondary N) is 3. The second kappa shape index (κ2) is 9.28. The summed E-state index contributed by atoms with van der Waals surface area (Å²) >= 11 is 0. The Balaban J connectivity index is 1.27. The molecule has 2 saturated heterocycles. The van der Waals surface area contributed by atoms with Crippen LogP contribution in [0.15, 0.2) is 54.6 Å². The molecule has 0 aliphatic carbocycles. The van der Waals surface area contributed by atoms with E-state index in [-0.39, 0.29) is 18.2 Å². The summed E-state index contributed by atoms with van der Waals surface area (Å²) in [6, 6.07) is 16.1. The maximum absolute atomic E-state index is 12.1. The van der Waals surface area contributed by atoms with Crippen molar-refractivity contribution in [1.29, 1.82) is 0 Å². The zero-order valence-corrected chi connectivity index (χ0v) is 16.7. The minimum absolute atomic E-state index is 0.237. The van der Waals surface area contributed by atoms with Crippen LogP contribution in [0.4, 0.5) is 10.5 Å². The highest BCUT2D eigenvalue weighted by atomic mass is 16.5. The number of aromatic carboxylic acids is 1. The number of fused-ring (bicyclic) bond motifs is 2. The van der Waals surface area contributed by atoms with Crippen LogP contribution in [0.25, 0.3) is 0 Å². The number of para-hydroxylation sites is 1. The van der Waals surface area contributed by atoms with Crippen molar-refractivity contribution in [2.45, 2.75) is 37.9 Å². The van der Waals surface area contributed by atoms with Gasteiger partial charge in [-0.15, -0.1) is 0 Å². The molecule has 2 aliphatic heterocycles. The first-order valence-electron chi connectivity index (χ1n) is 10.4. The fourth-order valence-corrected chi connectivity index (χ4v) is 4.63. The second-order valence-electron chi connectivity index (χ2n) is 7.98. The Morgan fingerprint density at radius 2 is 1.67 bits per heavy atom. The number of aryl methyl sites for hydroxylation is 1. The van der Waals surface area contributed by atoms with Crippen molar-refractivity contribution in [3.05, 3.63) is 65.7 Å². The van der Waals surface area contributed by atoms with Gasteiger partial charge < -0.3 is 15.2 Å². The van der Waals surface area contributed by atoms with Crippen LogP contribution in [0.1, 0.15) is 35.2 Å². The van der Waals surface area contributed by atoms with Gasteiger partial charge in [-0.3, -0.25) is 5.43 Å². The lowest BCUT2D eigenvalue weighted by atomic mass is 9.76. The van der Waals surface area contributed by atoms with Crippen LogP contribution in [-0.2, 0) is 11.2 Å². The molecule has 0 saturated carbocycles. The van der Waals surface area contributed by atoms with E-state index in [2.05, 4.69) is 16.2 Å². The van der Waals surface area contributed by atoms with E-state index < -0.39 is 5.97 Å². The quantitative estimate of drug-likeness (QED) is 0.501. The molecule has 4 atom stereocenters. The molecule has 2 amide bonds. The van der Waals surface area contributed by atoms with E-state index in [1.54, 1.807) is 12.1 Å². The van der Waals surface area contributed by atoms with Crippen molar-refractivity contribution in [3.8, 4) is 0 Å². The second-order valence-corrected chi connectivity index (χ2v) is 7.98. The molecule has 2 aliphatic rings. The molecule has 0 aromatic heterocycles. The van der Waals surface area contributed by atoms with Gasteiger partial charge in [0.2, 0.25) is 0 Å². The van der Waals surface area contributed by atoms with Gasteiger partial charge in [-0.1, -0.05) is 30.3 Å². The zero-order chi connectivity index (χ0) is 20.9. The lowest BCUT2D eigenvalue weighted by Crippen LogP contribution is -2.45. The SMILES string of the molecule is O=C(NNCC1C2CCC(O2)C1CCc1ccc(C(=O)O)cc1)Nc1ccccc1. The fourth-order valence-electron chi connectivity index (χ4n) is 4.63. The van der Waals surface area contributed by atoms with E-state index in [0.717, 1.165) is 36.9 Å². The summed E-state index contributed by atoms with van der Waals surface area (Å²) in [5.74, 6) is -0.133. The number of rotatable bonds is 8. The van der Waals surface area contributed by atoms with Crippen molar-refractivity contribution in [1.82, 2.24) is 10.9 Å². The summed E-state index contributed by atoms with van der Waals surface area (Å²) in [6.07, 6.45) is 4.54. The van der Waals surface area contributed by atoms with Crippen LogP contribution in [0.3, 0.4) is 0 Å². The molecule has 2 aromatic rings. The Kier molecular flexibility index (Phi) is 6.30. The first kappa shape index (κ1) is 20.4. The average molecular weight is 409 g/mol. The van der Waals surface area contributed by atoms with Gasteiger partial charge in [-0.25, -0.2) is 15.0 Å². The Morgan fingerprint density at radius 3 is 2.37 bits per heavy atom. The number of carbonyl (C=O) groups excluding carboxylic acids is 1. The van der Waals surface area contributed by atoms with Crippen LogP contribution in [0.2, 0.25) is 0 Å². The maximum Gasteiger partial charge on any atom is 0.335 e. The van der Waals surface area contributed by atoms with Crippen molar-refractivity contribution < 1.29 is 19.4 Å². The zero-order valence-electron chi connectivity index (χ0n) is 16.7. The van der Waals surface area contributed by atoms with Crippen LogP contribution in [-0.4, -0.2) is 35.9 Å². The fraction of sp³-hybridized carbons (Fsp3) is 0.391. The van der Waals surface area contributed by atoms with E-state index in [9.17, 15) is 9.59 Å². The van der Waals surface area contributed by atoms with Gasteiger partial charge in [-0.2, -0.15) is 0 Å². The highest BCUT2D eigenvalue weighted by Gasteiger charge is 2.48. The van der Waals surface area contributed by atoms with Crippen LogP contribution in [0.5, 0.6) is 0 Å². The number of ether oxygens (including phenoxy) is 1. The third-order valence-electron chi connectivity index (χ3n) is 6.13. The highest BCUT2D eigenvalue weighted by Crippen LogP contribution is 2.45. The molecule has 7 heteroatoms. The summed E-state index contributed by atoms with van der Waals surface area (Å²) < 4.78 is 6.14. The number of carboxylic acids is 1. The van der Waals surface area contributed by atoms with E-state index in [1.807, 2.05) is 42.5 Å². The Bertz CT molecular complexity index is 872. The number of carboxylic acid groups (broad SMARTS) is 1. The third kappa shape index (κ3) is 4.80. The van der Waals surface area contributed by atoms with Gasteiger partial charge in [0, 0.05) is 18.2 Å². The number of urea groups is 1. The average Bonchev–Trinajstić information content (AvgIpc) is 3.35. The normalized spacial score (nSPS) is 24.5. The predicted octanol–water partition coefficient (Wildman–Crippen LogP) is 3.44. The molecular weight excluding hydrogens is 382 g/mol. The van der Waals surface area contributed by atoms with Gasteiger partial charge in [0.25, 0.3) is 0 Å². The number of amides is 2. The minimum atomic E-state index is -0.905. The maximum atomic E-state index is 12.1. The van der Waals surface area contributed by atoms with Crippen LogP contribution >= 0.6 is 0 Å². The Hall–Kier alpha value is -2.90. The van der Waals surface area contributed by atoms with Crippen LogP contribution < -0.4 is 16.2 Å². The topological polar surface area (TPSA) is 99.7 Å². The van der Waals surface area contributed by atoms with Crippen molar-refractivity contribution in [2.24, 2.45) is 11.8 Å². The summed E-state index contributed by atoms with van der Waals surface area (Å²) in [5, 5.41) is 11.8. The molecule has 2 bridgehead atoms. The van der Waals surface area contributed by atoms with E-state index >= 15 is 0 Å². The van der Waals surface area contributed by atoms with Gasteiger partial charge in [-0.05, 0) is 61.4 Å². The Morgan fingerprint density at radius 1 is 0.967 bits per heavy atom. The largest absolute Gasteiger partial charge is 0.478 e. The summed E-state index contributed by atoms with van der Waals surface area (Å²) in [7, 11) is 0. The summed E-state index contributed by atoms with van der Waals surface area (Å²) in [4.78, 5) is 23.1. The molecule has 2 fully saturated rings. The molecule has 4 unspecified atom stereocenters. The summed E-state index contributed by atoms with van der Waals surface area (Å²) in [6.45, 7) is 0.659. The highest BCUT2D eigenvalue weighted by molar-refractivity contribution is 5.88. The first-order valence-corrected chi connectivity index (χ1v) is 10.4. The lowest BCUT2D eigenvalue weighted by molar-refractivity contribution is 0.0696. The molecule has 4 rings (SSSR count). The lowest BCUT2D eigenvalue weighted by Gasteiger charge is -2.28. The number of hydrazine groups is 1. The van der Waals surface area contributed by atoms with Crippen LogP contribution in [0, 0.1) is 11.8 Å². The Labute approximate surface area is 175 Å². The number of hydrogen-bond donors (Lipinski definition) is 4. The number of anilines is 1. The molecule has 0 radical (unpaired) electrons. The van der Waals surface area contributed by atoms with Gasteiger partial charge in [0.15, 0.2) is 0 Å². The predicted molar refractivity (Wildman–Crippen MR) is 113 cm³/mol. The van der Waals surface area contributed by atoms with Crippen molar-refractivity contribution >= 4 is 17.7 Å². The van der Waals surface area contributed by atoms with E-state index in [4.69, 9.17) is 9.84 Å². The monoisotopic (exact) mass is 409 g/mol. The molecule has 7 nitrogen and oxygen atoms in total. The summed E-state index contributed by atoms with van der Waals surface area (Å²) in [5.41, 5.74) is 7.98. The van der Waals surface area contributed by atoms with Crippen molar-refractivity contribution in [2.75, 3.05) is 11.9 Å². The molecule has 158 valence electrons. The molecule has 2 aromatic carbocycles. The molecular formula is C23H27N3O4. The number of benzene rings is 2. The number of hydrogen-bond acceptors (Lipinski definition) is 4. The van der Waals surface area contributed by atoms with E-state index in [1.165, 1.54) is 0 Å². The molecule has 2 heterocycles. The minimum Gasteiger partial charge on any atom is -0.478 e. The van der Waals surface area contributed by atoms with Gasteiger partial charge in [0.05, 0.1) is 17.8 Å². The smallest absolute Gasteiger partial charge is 0.335 e. The number of carbonyl (C=O) groups is 2. The van der Waals surface area contributed by atoms with Crippen molar-refractivity contribution in [3.63, 3.8) is 0 Å². The first-order chi connectivity index (χ1) is 14.6. The molecule has 4 N–H and O–H groups in total. The van der Waals surface area contributed by atoms with Gasteiger partial charge in [0.1, 0.15) is 0 Å². The standard InChI is InChI=1S/C23H27N3O4/c27-22(28)16-9-6-15(7-10-16)8-11-18-19(21-13-12-20(18)30-21)14-24-26-23(29)25-17-4-2-1-3-5-17/h1-7,9-10,18-21,24H,8,11-14H2,(H,27,28)(H2,25,26,29). The third-order valence-corrected chi connectivity index (χ3v) is 6.13. The molecule has 30 heavy (non-hydrogen) atoms. The van der Waals surface area contributed by atoms with E-state index in [0.29, 0.717) is 23.9 Å². The van der Waals surface area contributed by atoms with Gasteiger partial charge >= 0.3 is 12.0 Å².